The lowest BCUT2D eigenvalue weighted by atomic mass is 10.1. The number of carboxylic acids is 1. The number of carboxylic acid groups (broad SMARTS) is 1. The Morgan fingerprint density at radius 2 is 2.14 bits per heavy atom. The van der Waals surface area contributed by atoms with Gasteiger partial charge in [0, 0.05) is 18.9 Å². The van der Waals surface area contributed by atoms with Crippen molar-refractivity contribution in [1.82, 2.24) is 5.01 Å². The zero-order valence-electron chi connectivity index (χ0n) is 10.7. The van der Waals surface area contributed by atoms with Crippen LogP contribution in [0.2, 0.25) is 0 Å². The summed E-state index contributed by atoms with van der Waals surface area (Å²) in [5.74, 6) is -2.48. The number of benzene rings is 1. The van der Waals surface area contributed by atoms with E-state index in [0.717, 1.165) is 23.2 Å². The molecular weight excluding hydrogens is 285 g/mol. The van der Waals surface area contributed by atoms with Gasteiger partial charge in [-0.15, -0.1) is 0 Å². The molecule has 1 aliphatic rings. The van der Waals surface area contributed by atoms with Crippen molar-refractivity contribution in [3.05, 3.63) is 39.7 Å². The lowest BCUT2D eigenvalue weighted by Crippen LogP contribution is -2.33. The van der Waals surface area contributed by atoms with Gasteiger partial charge in [-0.2, -0.15) is 5.10 Å². The van der Waals surface area contributed by atoms with E-state index >= 15 is 0 Å². The first-order valence-electron chi connectivity index (χ1n) is 5.92. The van der Waals surface area contributed by atoms with Crippen molar-refractivity contribution in [2.75, 3.05) is 0 Å². The fraction of sp³-hybridized carbons (Fsp3) is 0.250. The van der Waals surface area contributed by atoms with Crippen LogP contribution < -0.4 is 0 Å². The van der Waals surface area contributed by atoms with E-state index in [2.05, 4.69) is 5.10 Å². The minimum atomic E-state index is -1.24. The summed E-state index contributed by atoms with van der Waals surface area (Å²) in [5, 5.41) is 24.1. The Labute approximate surface area is 117 Å². The highest BCUT2D eigenvalue weighted by molar-refractivity contribution is 6.36. The zero-order valence-corrected chi connectivity index (χ0v) is 10.7. The highest BCUT2D eigenvalue weighted by Gasteiger charge is 2.24. The van der Waals surface area contributed by atoms with Crippen LogP contribution in [0.25, 0.3) is 0 Å². The van der Waals surface area contributed by atoms with Gasteiger partial charge < -0.3 is 5.11 Å². The smallest absolute Gasteiger partial charge is 0.352 e. The number of nitro benzene ring substituents is 1. The van der Waals surface area contributed by atoms with Gasteiger partial charge in [-0.3, -0.25) is 14.9 Å². The van der Waals surface area contributed by atoms with E-state index in [1.807, 2.05) is 0 Å². The maximum absolute atomic E-state index is 13.3. The van der Waals surface area contributed by atoms with E-state index in [0.29, 0.717) is 0 Å². The van der Waals surface area contributed by atoms with Crippen LogP contribution in [0.4, 0.5) is 10.1 Å². The molecule has 1 N–H and O–H groups in total. The van der Waals surface area contributed by atoms with Crippen LogP contribution in [-0.2, 0) is 16.1 Å². The molecular formula is C12H10FN3O5. The number of hydrazone groups is 1. The second-order valence-electron chi connectivity index (χ2n) is 4.38. The molecule has 110 valence electrons. The molecule has 0 spiro atoms. The van der Waals surface area contributed by atoms with E-state index in [-0.39, 0.29) is 30.7 Å². The lowest BCUT2D eigenvalue weighted by molar-refractivity contribution is -0.385. The van der Waals surface area contributed by atoms with E-state index in [1.54, 1.807) is 0 Å². The first-order valence-corrected chi connectivity index (χ1v) is 5.92. The van der Waals surface area contributed by atoms with E-state index in [1.165, 1.54) is 0 Å². The van der Waals surface area contributed by atoms with Gasteiger partial charge in [-0.1, -0.05) is 0 Å². The van der Waals surface area contributed by atoms with Crippen LogP contribution >= 0.6 is 0 Å². The molecule has 0 saturated heterocycles. The number of rotatable bonds is 4. The largest absolute Gasteiger partial charge is 0.477 e. The number of carbonyl (C=O) groups is 2. The minimum absolute atomic E-state index is 0.0218. The minimum Gasteiger partial charge on any atom is -0.477 e. The van der Waals surface area contributed by atoms with Gasteiger partial charge in [0.25, 0.3) is 5.69 Å². The Morgan fingerprint density at radius 3 is 2.76 bits per heavy atom. The Bertz CT molecular complexity index is 658. The zero-order chi connectivity index (χ0) is 15.6. The van der Waals surface area contributed by atoms with Gasteiger partial charge in [0.05, 0.1) is 17.5 Å². The quantitative estimate of drug-likeness (QED) is 0.664. The summed E-state index contributed by atoms with van der Waals surface area (Å²) in [4.78, 5) is 32.4. The van der Waals surface area contributed by atoms with Gasteiger partial charge >= 0.3 is 5.97 Å². The third-order valence-electron chi connectivity index (χ3n) is 2.84. The molecule has 0 saturated carbocycles. The third kappa shape index (κ3) is 3.38. The van der Waals surface area contributed by atoms with Crippen LogP contribution in [-0.4, -0.2) is 32.6 Å². The SMILES string of the molecule is O=C(O)C1=NN(Cc2cc(F)cc([N+](=O)[O-])c2)C(=O)CC1. The Kier molecular flexibility index (Phi) is 3.92. The topological polar surface area (TPSA) is 113 Å². The van der Waals surface area contributed by atoms with Crippen molar-refractivity contribution in [3.8, 4) is 0 Å². The number of non-ortho nitro benzene ring substituents is 1. The van der Waals surface area contributed by atoms with Crippen molar-refractivity contribution in [2.24, 2.45) is 5.10 Å². The van der Waals surface area contributed by atoms with Crippen molar-refractivity contribution in [1.29, 1.82) is 0 Å². The summed E-state index contributed by atoms with van der Waals surface area (Å²) in [6.45, 7) is -0.228. The highest BCUT2D eigenvalue weighted by atomic mass is 19.1. The Balaban J connectivity index is 2.28. The van der Waals surface area contributed by atoms with Gasteiger partial charge in [-0.05, 0) is 11.6 Å². The molecule has 1 aliphatic heterocycles. The van der Waals surface area contributed by atoms with E-state index in [9.17, 15) is 24.1 Å². The molecule has 0 aromatic heterocycles. The molecule has 0 unspecified atom stereocenters. The van der Waals surface area contributed by atoms with Crippen molar-refractivity contribution in [3.63, 3.8) is 0 Å². The number of nitrogens with zero attached hydrogens (tertiary/aromatic N) is 3. The molecule has 1 amide bonds. The van der Waals surface area contributed by atoms with Crippen LogP contribution in [0.5, 0.6) is 0 Å². The second kappa shape index (κ2) is 5.65. The molecule has 0 aliphatic carbocycles. The first kappa shape index (κ1) is 14.6. The van der Waals surface area contributed by atoms with Crippen LogP contribution in [0, 0.1) is 15.9 Å². The van der Waals surface area contributed by atoms with Crippen LogP contribution in [0.15, 0.2) is 23.3 Å². The van der Waals surface area contributed by atoms with Gasteiger partial charge in [-0.25, -0.2) is 14.2 Å². The molecule has 0 fully saturated rings. The molecule has 1 aromatic rings. The summed E-state index contributed by atoms with van der Waals surface area (Å²) in [6, 6.07) is 2.90. The average molecular weight is 295 g/mol. The molecule has 1 heterocycles. The summed E-state index contributed by atoms with van der Waals surface area (Å²) < 4.78 is 13.3. The van der Waals surface area contributed by atoms with E-state index in [4.69, 9.17) is 5.11 Å². The van der Waals surface area contributed by atoms with Gasteiger partial charge in [0.2, 0.25) is 5.91 Å². The summed E-state index contributed by atoms with van der Waals surface area (Å²) in [5.41, 5.74) is -0.470. The molecule has 8 nitrogen and oxygen atoms in total. The molecule has 1 aromatic carbocycles. The standard InChI is InChI=1S/C12H10FN3O5/c13-8-3-7(4-9(5-8)16(20)21)6-15-11(17)2-1-10(14-15)12(18)19/h3-5H,1-2,6H2,(H,18,19). The van der Waals surface area contributed by atoms with Crippen LogP contribution in [0.1, 0.15) is 18.4 Å². The Hall–Kier alpha value is -2.84. The number of hydrogen-bond acceptors (Lipinski definition) is 5. The van der Waals surface area contributed by atoms with Gasteiger partial charge in [0.15, 0.2) is 0 Å². The predicted octanol–water partition coefficient (Wildman–Crippen LogP) is 1.30. The molecule has 0 atom stereocenters. The molecule has 21 heavy (non-hydrogen) atoms. The maximum atomic E-state index is 13.3. The maximum Gasteiger partial charge on any atom is 0.352 e. The fourth-order valence-electron chi connectivity index (χ4n) is 1.88. The van der Waals surface area contributed by atoms with Gasteiger partial charge in [0.1, 0.15) is 11.5 Å². The monoisotopic (exact) mass is 295 g/mol. The number of amides is 1. The average Bonchev–Trinajstić information content (AvgIpc) is 2.40. The van der Waals surface area contributed by atoms with Crippen molar-refractivity contribution >= 4 is 23.3 Å². The number of nitro groups is 1. The summed E-state index contributed by atoms with van der Waals surface area (Å²) >= 11 is 0. The Morgan fingerprint density at radius 1 is 1.43 bits per heavy atom. The summed E-state index contributed by atoms with van der Waals surface area (Å²) in [6.07, 6.45) is -0.00346. The second-order valence-corrected chi connectivity index (χ2v) is 4.38. The molecule has 0 radical (unpaired) electrons. The predicted molar refractivity (Wildman–Crippen MR) is 67.9 cm³/mol. The normalized spacial score (nSPS) is 14.8. The number of carbonyl (C=O) groups excluding carboxylic acids is 1. The number of aliphatic carboxylic acids is 1. The number of hydrogen-bond donors (Lipinski definition) is 1. The molecule has 0 bridgehead atoms. The van der Waals surface area contributed by atoms with Crippen molar-refractivity contribution in [2.45, 2.75) is 19.4 Å². The van der Waals surface area contributed by atoms with E-state index < -0.39 is 28.3 Å². The molecule has 2 rings (SSSR count). The summed E-state index contributed by atoms with van der Waals surface area (Å²) in [7, 11) is 0. The highest BCUT2D eigenvalue weighted by Crippen LogP contribution is 2.19. The first-order chi connectivity index (χ1) is 9.86. The van der Waals surface area contributed by atoms with Crippen molar-refractivity contribution < 1.29 is 24.0 Å². The third-order valence-corrected chi connectivity index (χ3v) is 2.84. The van der Waals surface area contributed by atoms with Crippen LogP contribution in [0.3, 0.4) is 0 Å². The fourth-order valence-corrected chi connectivity index (χ4v) is 1.88. The lowest BCUT2D eigenvalue weighted by Gasteiger charge is -2.22. The molecule has 9 heteroatoms. The number of halogens is 1.